The number of fused-ring (bicyclic) bond motifs is 2. The third-order valence-electron chi connectivity index (χ3n) is 7.27. The van der Waals surface area contributed by atoms with Crippen LogP contribution in [0.3, 0.4) is 0 Å². The van der Waals surface area contributed by atoms with E-state index in [1.54, 1.807) is 51.1 Å². The van der Waals surface area contributed by atoms with Crippen LogP contribution in [-0.2, 0) is 30.8 Å². The number of likely N-dealkylation sites (tertiary alicyclic amines) is 1. The highest BCUT2D eigenvalue weighted by molar-refractivity contribution is 6.40. The Hall–Kier alpha value is -4.91. The molecule has 42 heavy (non-hydrogen) atoms. The molecule has 1 saturated heterocycles. The van der Waals surface area contributed by atoms with Crippen LogP contribution in [0.5, 0.6) is 0 Å². The second kappa shape index (κ2) is 10.8. The van der Waals surface area contributed by atoms with E-state index in [0.717, 1.165) is 12.1 Å². The molecule has 0 bridgehead atoms. The third kappa shape index (κ3) is 5.63. The van der Waals surface area contributed by atoms with Crippen molar-refractivity contribution in [3.63, 3.8) is 0 Å². The monoisotopic (exact) mass is 580 g/mol. The summed E-state index contributed by atoms with van der Waals surface area (Å²) in [7, 11) is 0. The molecule has 218 valence electrons. The summed E-state index contributed by atoms with van der Waals surface area (Å²) < 4.78 is 40.6. The molecule has 13 heteroatoms. The van der Waals surface area contributed by atoms with Crippen LogP contribution in [-0.4, -0.2) is 47.2 Å². The van der Waals surface area contributed by atoms with E-state index >= 15 is 0 Å². The summed E-state index contributed by atoms with van der Waals surface area (Å²) in [5, 5.41) is 26.1. The fourth-order valence-corrected chi connectivity index (χ4v) is 5.41. The second-order valence-electron chi connectivity index (χ2n) is 11.5. The Kier molecular flexibility index (Phi) is 7.74. The standard InChI is InChI=1S/C29H27F3N6O4/c1-27(2,3)12-21(35-23(39)24(40)37-22-16(13-33)7-6-9-19(22)29(30,31)32)25(41)38-15-28(11-17(38)14-34)18-8-4-5-10-20(18)36-26(28)42/h4-10,17,21H,11-12,15H2,1-3H3,(H,35,39)(H,36,42)(H,37,40)/t17-,21-,28-/m0/s1. The van der Waals surface area contributed by atoms with Gasteiger partial charge in [-0.05, 0) is 35.6 Å². The first-order valence-electron chi connectivity index (χ1n) is 12.9. The van der Waals surface area contributed by atoms with Gasteiger partial charge in [0.25, 0.3) is 0 Å². The smallest absolute Gasteiger partial charge is 0.336 e. The lowest BCUT2D eigenvalue weighted by atomic mass is 9.80. The third-order valence-corrected chi connectivity index (χ3v) is 7.27. The predicted octanol–water partition coefficient (Wildman–Crippen LogP) is 3.45. The molecule has 3 atom stereocenters. The van der Waals surface area contributed by atoms with E-state index in [1.165, 1.54) is 4.90 Å². The van der Waals surface area contributed by atoms with Crippen LogP contribution in [0, 0.1) is 28.1 Å². The minimum absolute atomic E-state index is 0.00211. The lowest BCUT2D eigenvalue weighted by Gasteiger charge is -2.31. The van der Waals surface area contributed by atoms with Gasteiger partial charge >= 0.3 is 18.0 Å². The number of carbonyl (C=O) groups is 4. The molecule has 3 N–H and O–H groups in total. The number of nitriles is 2. The topological polar surface area (TPSA) is 155 Å². The van der Waals surface area contributed by atoms with Gasteiger partial charge in [-0.25, -0.2) is 0 Å². The molecule has 0 unspecified atom stereocenters. The summed E-state index contributed by atoms with van der Waals surface area (Å²) >= 11 is 0. The van der Waals surface area contributed by atoms with Gasteiger partial charge in [0.05, 0.1) is 28.3 Å². The fraction of sp³-hybridized carbons (Fsp3) is 0.379. The highest BCUT2D eigenvalue weighted by atomic mass is 19.4. The van der Waals surface area contributed by atoms with Crippen molar-refractivity contribution >= 4 is 35.0 Å². The van der Waals surface area contributed by atoms with Crippen LogP contribution >= 0.6 is 0 Å². The second-order valence-corrected chi connectivity index (χ2v) is 11.5. The van der Waals surface area contributed by atoms with Crippen LogP contribution in [0.4, 0.5) is 24.5 Å². The van der Waals surface area contributed by atoms with E-state index < -0.39 is 63.6 Å². The average Bonchev–Trinajstić information content (AvgIpc) is 3.44. The molecular weight excluding hydrogens is 553 g/mol. The van der Waals surface area contributed by atoms with Gasteiger partial charge in [-0.2, -0.15) is 23.7 Å². The van der Waals surface area contributed by atoms with Crippen molar-refractivity contribution in [2.45, 2.75) is 57.3 Å². The number of alkyl halides is 3. The number of hydrogen-bond donors (Lipinski definition) is 3. The van der Waals surface area contributed by atoms with Gasteiger partial charge in [-0.1, -0.05) is 45.0 Å². The molecule has 2 aliphatic rings. The fourth-order valence-electron chi connectivity index (χ4n) is 5.41. The summed E-state index contributed by atoms with van der Waals surface area (Å²) in [5.41, 5.74) is -3.28. The van der Waals surface area contributed by atoms with Crippen molar-refractivity contribution < 1.29 is 32.3 Å². The summed E-state index contributed by atoms with van der Waals surface area (Å²) in [6.45, 7) is 5.16. The molecule has 2 aromatic rings. The molecule has 10 nitrogen and oxygen atoms in total. The number of anilines is 2. The Labute approximate surface area is 239 Å². The molecule has 2 heterocycles. The van der Waals surface area contributed by atoms with E-state index in [1.807, 2.05) is 5.32 Å². The van der Waals surface area contributed by atoms with E-state index in [9.17, 15) is 42.9 Å². The van der Waals surface area contributed by atoms with Crippen molar-refractivity contribution in [2.24, 2.45) is 5.41 Å². The Morgan fingerprint density at radius 3 is 2.40 bits per heavy atom. The maximum absolute atomic E-state index is 13.9. The Morgan fingerprint density at radius 1 is 1.10 bits per heavy atom. The number of benzene rings is 2. The summed E-state index contributed by atoms with van der Waals surface area (Å²) in [6.07, 6.45) is -4.92. The van der Waals surface area contributed by atoms with E-state index in [0.29, 0.717) is 17.3 Å². The molecular formula is C29H27F3N6O4. The number of amides is 4. The Morgan fingerprint density at radius 2 is 1.79 bits per heavy atom. The maximum Gasteiger partial charge on any atom is 0.418 e. The molecule has 0 saturated carbocycles. The SMILES string of the molecule is CC(C)(C)C[C@H](NC(=O)C(=O)Nc1c(C#N)cccc1C(F)(F)F)C(=O)N1C[C@]2(C[C@H]1C#N)C(=O)Nc1ccccc12. The van der Waals surface area contributed by atoms with Crippen molar-refractivity contribution in [3.05, 3.63) is 59.2 Å². The first-order chi connectivity index (χ1) is 19.6. The Balaban J connectivity index is 1.60. The molecule has 4 amide bonds. The highest BCUT2D eigenvalue weighted by Gasteiger charge is 2.56. The van der Waals surface area contributed by atoms with Crippen LogP contribution in [0.25, 0.3) is 0 Å². The van der Waals surface area contributed by atoms with Crippen LogP contribution in [0.2, 0.25) is 0 Å². The molecule has 1 fully saturated rings. The van der Waals surface area contributed by atoms with Gasteiger partial charge in [-0.15, -0.1) is 0 Å². The minimum atomic E-state index is -4.93. The number of rotatable bonds is 4. The zero-order valence-electron chi connectivity index (χ0n) is 22.9. The van der Waals surface area contributed by atoms with Crippen molar-refractivity contribution in [2.75, 3.05) is 17.2 Å². The van der Waals surface area contributed by atoms with Crippen molar-refractivity contribution in [1.82, 2.24) is 10.2 Å². The predicted molar refractivity (Wildman–Crippen MR) is 143 cm³/mol. The Bertz CT molecular complexity index is 1550. The summed E-state index contributed by atoms with van der Waals surface area (Å²) in [5.74, 6) is -4.02. The molecule has 0 aromatic heterocycles. The molecule has 2 aromatic carbocycles. The average molecular weight is 581 g/mol. The van der Waals surface area contributed by atoms with Gasteiger partial charge in [0.15, 0.2) is 0 Å². The number of nitrogens with zero attached hydrogens (tertiary/aromatic N) is 3. The highest BCUT2D eigenvalue weighted by Crippen LogP contribution is 2.46. The van der Waals surface area contributed by atoms with Gasteiger partial charge in [-0.3, -0.25) is 19.2 Å². The van der Waals surface area contributed by atoms with E-state index in [-0.39, 0.29) is 25.3 Å². The van der Waals surface area contributed by atoms with Gasteiger partial charge in [0.1, 0.15) is 18.2 Å². The number of para-hydroxylation sites is 2. The van der Waals surface area contributed by atoms with Crippen LogP contribution in [0.15, 0.2) is 42.5 Å². The molecule has 0 aliphatic carbocycles. The zero-order chi connectivity index (χ0) is 31.0. The van der Waals surface area contributed by atoms with Gasteiger partial charge in [0.2, 0.25) is 11.8 Å². The van der Waals surface area contributed by atoms with Crippen LogP contribution < -0.4 is 16.0 Å². The molecule has 0 radical (unpaired) electrons. The number of halogens is 3. The van der Waals surface area contributed by atoms with Crippen LogP contribution in [0.1, 0.15) is 50.3 Å². The summed E-state index contributed by atoms with van der Waals surface area (Å²) in [4.78, 5) is 53.9. The normalized spacial score (nSPS) is 20.2. The van der Waals surface area contributed by atoms with Gasteiger partial charge in [0, 0.05) is 18.7 Å². The zero-order valence-corrected chi connectivity index (χ0v) is 22.9. The number of hydrogen-bond acceptors (Lipinski definition) is 6. The lowest BCUT2D eigenvalue weighted by Crippen LogP contribution is -2.53. The summed E-state index contributed by atoms with van der Waals surface area (Å²) in [6, 6.07) is 10.9. The molecule has 2 aliphatic heterocycles. The van der Waals surface area contributed by atoms with E-state index in [2.05, 4.69) is 16.7 Å². The first kappa shape index (κ1) is 30.1. The maximum atomic E-state index is 13.9. The number of nitrogens with one attached hydrogen (secondary N) is 3. The van der Waals surface area contributed by atoms with E-state index in [4.69, 9.17) is 0 Å². The molecule has 4 rings (SSSR count). The first-order valence-corrected chi connectivity index (χ1v) is 12.9. The quantitative estimate of drug-likeness (QED) is 0.471. The largest absolute Gasteiger partial charge is 0.418 e. The van der Waals surface area contributed by atoms with Crippen molar-refractivity contribution in [3.8, 4) is 12.1 Å². The van der Waals surface area contributed by atoms with Gasteiger partial charge < -0.3 is 20.9 Å². The van der Waals surface area contributed by atoms with Crippen molar-refractivity contribution in [1.29, 1.82) is 10.5 Å². The number of carbonyl (C=O) groups excluding carboxylic acids is 4. The molecule has 1 spiro atoms. The lowest BCUT2D eigenvalue weighted by molar-refractivity contribution is -0.141. The minimum Gasteiger partial charge on any atom is -0.336 e.